The van der Waals surface area contributed by atoms with Crippen LogP contribution in [0.4, 0.5) is 0 Å². The highest BCUT2D eigenvalue weighted by Crippen LogP contribution is 2.25. The fourth-order valence-electron chi connectivity index (χ4n) is 3.71. The lowest BCUT2D eigenvalue weighted by molar-refractivity contribution is -0.00847. The SMILES string of the molecule is CCC(CS(=O)(=O)c1ccccc1)NC(=NC)N1CCOC(c2ccccc2C)C1.I. The summed E-state index contributed by atoms with van der Waals surface area (Å²) in [5.41, 5.74) is 2.38. The summed E-state index contributed by atoms with van der Waals surface area (Å²) >= 11 is 0. The molecule has 6 nitrogen and oxygen atoms in total. The first-order valence-electron chi connectivity index (χ1n) is 10.4. The second-order valence-electron chi connectivity index (χ2n) is 7.55. The third-order valence-electron chi connectivity index (χ3n) is 5.46. The Morgan fingerprint density at radius 3 is 2.52 bits per heavy atom. The Bertz CT molecular complexity index is 967. The molecular weight excluding hydrogens is 525 g/mol. The monoisotopic (exact) mass is 557 g/mol. The van der Waals surface area contributed by atoms with Crippen molar-refractivity contribution in [3.05, 3.63) is 65.7 Å². The van der Waals surface area contributed by atoms with Gasteiger partial charge in [-0.3, -0.25) is 4.99 Å². The molecule has 2 atom stereocenters. The number of aryl methyl sites for hydroxylation is 1. The van der Waals surface area contributed by atoms with E-state index >= 15 is 0 Å². The molecule has 1 aliphatic heterocycles. The van der Waals surface area contributed by atoms with Crippen LogP contribution < -0.4 is 5.32 Å². The molecule has 0 aliphatic carbocycles. The van der Waals surface area contributed by atoms with Gasteiger partial charge in [0.2, 0.25) is 0 Å². The van der Waals surface area contributed by atoms with E-state index in [4.69, 9.17) is 4.74 Å². The zero-order chi connectivity index (χ0) is 21.6. The van der Waals surface area contributed by atoms with Crippen molar-refractivity contribution in [2.24, 2.45) is 4.99 Å². The molecule has 31 heavy (non-hydrogen) atoms. The van der Waals surface area contributed by atoms with Crippen molar-refractivity contribution in [1.82, 2.24) is 10.2 Å². The highest BCUT2D eigenvalue weighted by atomic mass is 127. The number of guanidine groups is 1. The fraction of sp³-hybridized carbons (Fsp3) is 0.435. The first-order chi connectivity index (χ1) is 14.4. The standard InChI is InChI=1S/C23H31N3O3S.HI/c1-4-19(17-30(27,28)20-11-6-5-7-12-20)25-23(24-3)26-14-15-29-22(16-26)21-13-9-8-10-18(21)2;/h5-13,19,22H,4,14-17H2,1-3H3,(H,24,25);1H. The molecule has 0 bridgehead atoms. The van der Waals surface area contributed by atoms with Gasteiger partial charge in [-0.1, -0.05) is 49.4 Å². The topological polar surface area (TPSA) is 71.0 Å². The second-order valence-corrected chi connectivity index (χ2v) is 9.59. The molecule has 3 rings (SSSR count). The van der Waals surface area contributed by atoms with Crippen LogP contribution >= 0.6 is 24.0 Å². The molecule has 1 fully saturated rings. The van der Waals surface area contributed by atoms with Crippen LogP contribution in [0.1, 0.15) is 30.6 Å². The third-order valence-corrected chi connectivity index (χ3v) is 7.29. The van der Waals surface area contributed by atoms with E-state index in [-0.39, 0.29) is 41.9 Å². The fourth-order valence-corrected chi connectivity index (χ4v) is 5.32. The summed E-state index contributed by atoms with van der Waals surface area (Å²) in [6.45, 7) is 6.06. The van der Waals surface area contributed by atoms with E-state index in [1.807, 2.05) is 25.1 Å². The minimum absolute atomic E-state index is 0. The van der Waals surface area contributed by atoms with E-state index in [1.165, 1.54) is 11.1 Å². The smallest absolute Gasteiger partial charge is 0.194 e. The van der Waals surface area contributed by atoms with Gasteiger partial charge in [-0.05, 0) is 36.6 Å². The highest BCUT2D eigenvalue weighted by molar-refractivity contribution is 14.0. The Balaban J connectivity index is 0.00000341. The van der Waals surface area contributed by atoms with Gasteiger partial charge in [0.15, 0.2) is 15.8 Å². The lowest BCUT2D eigenvalue weighted by Crippen LogP contribution is -2.52. The molecule has 1 N–H and O–H groups in total. The molecule has 0 spiro atoms. The zero-order valence-corrected chi connectivity index (χ0v) is 21.5. The number of nitrogens with zero attached hydrogens (tertiary/aromatic N) is 2. The van der Waals surface area contributed by atoms with E-state index in [9.17, 15) is 8.42 Å². The molecule has 0 amide bonds. The average molecular weight is 557 g/mol. The number of hydrogen-bond donors (Lipinski definition) is 1. The summed E-state index contributed by atoms with van der Waals surface area (Å²) in [6, 6.07) is 16.6. The number of ether oxygens (including phenoxy) is 1. The first kappa shape index (κ1) is 25.6. The quantitative estimate of drug-likeness (QED) is 0.333. The maximum Gasteiger partial charge on any atom is 0.194 e. The molecule has 2 unspecified atom stereocenters. The molecule has 2 aromatic rings. The van der Waals surface area contributed by atoms with Gasteiger partial charge >= 0.3 is 0 Å². The van der Waals surface area contributed by atoms with Crippen molar-refractivity contribution in [1.29, 1.82) is 0 Å². The predicted octanol–water partition coefficient (Wildman–Crippen LogP) is 3.81. The Labute approximate surface area is 203 Å². The molecule has 170 valence electrons. The molecule has 0 saturated carbocycles. The van der Waals surface area contributed by atoms with Crippen LogP contribution in [0.15, 0.2) is 64.5 Å². The number of hydrogen-bond acceptors (Lipinski definition) is 4. The normalized spacial score (nSPS) is 18.2. The van der Waals surface area contributed by atoms with E-state index < -0.39 is 9.84 Å². The van der Waals surface area contributed by atoms with Crippen LogP contribution in [-0.4, -0.2) is 57.8 Å². The van der Waals surface area contributed by atoms with E-state index in [1.54, 1.807) is 31.3 Å². The Kier molecular flexibility index (Phi) is 9.77. The van der Waals surface area contributed by atoms with Crippen LogP contribution in [0.25, 0.3) is 0 Å². The third kappa shape index (κ3) is 6.66. The molecule has 2 aromatic carbocycles. The maximum atomic E-state index is 12.8. The van der Waals surface area contributed by atoms with Crippen LogP contribution in [0.2, 0.25) is 0 Å². The minimum atomic E-state index is -3.38. The minimum Gasteiger partial charge on any atom is -0.370 e. The molecule has 1 saturated heterocycles. The zero-order valence-electron chi connectivity index (χ0n) is 18.3. The first-order valence-corrected chi connectivity index (χ1v) is 12.0. The number of halogens is 1. The summed E-state index contributed by atoms with van der Waals surface area (Å²) in [5.74, 6) is 0.741. The van der Waals surface area contributed by atoms with Gasteiger partial charge in [0.05, 0.1) is 23.8 Å². The van der Waals surface area contributed by atoms with Crippen LogP contribution in [0, 0.1) is 6.92 Å². The Morgan fingerprint density at radius 1 is 1.19 bits per heavy atom. The summed E-state index contributed by atoms with van der Waals surface area (Å²) in [5, 5.41) is 3.38. The van der Waals surface area contributed by atoms with Crippen LogP contribution in [0.3, 0.4) is 0 Å². The van der Waals surface area contributed by atoms with Crippen molar-refractivity contribution in [2.45, 2.75) is 37.3 Å². The summed E-state index contributed by atoms with van der Waals surface area (Å²) in [4.78, 5) is 6.94. The van der Waals surface area contributed by atoms with Crippen molar-refractivity contribution in [3.8, 4) is 0 Å². The lowest BCUT2D eigenvalue weighted by Gasteiger charge is -2.37. The number of nitrogens with one attached hydrogen (secondary N) is 1. The number of aliphatic imine (C=N–C) groups is 1. The number of rotatable bonds is 6. The highest BCUT2D eigenvalue weighted by Gasteiger charge is 2.27. The van der Waals surface area contributed by atoms with Gasteiger partial charge in [0.25, 0.3) is 0 Å². The molecule has 1 aliphatic rings. The van der Waals surface area contributed by atoms with Gasteiger partial charge in [-0.25, -0.2) is 8.42 Å². The summed E-state index contributed by atoms with van der Waals surface area (Å²) in [6.07, 6.45) is 0.642. The number of sulfone groups is 1. The summed E-state index contributed by atoms with van der Waals surface area (Å²) in [7, 11) is -1.64. The van der Waals surface area contributed by atoms with Crippen molar-refractivity contribution in [3.63, 3.8) is 0 Å². The maximum absolute atomic E-state index is 12.8. The molecule has 0 radical (unpaired) electrons. The van der Waals surface area contributed by atoms with Crippen LogP contribution in [0.5, 0.6) is 0 Å². The molecule has 8 heteroatoms. The van der Waals surface area contributed by atoms with E-state index in [0.717, 1.165) is 0 Å². The van der Waals surface area contributed by atoms with E-state index in [0.29, 0.717) is 37.0 Å². The number of morpholine rings is 1. The van der Waals surface area contributed by atoms with Crippen molar-refractivity contribution < 1.29 is 13.2 Å². The van der Waals surface area contributed by atoms with Crippen LogP contribution in [-0.2, 0) is 14.6 Å². The lowest BCUT2D eigenvalue weighted by atomic mass is 10.0. The number of benzene rings is 2. The largest absolute Gasteiger partial charge is 0.370 e. The van der Waals surface area contributed by atoms with Gasteiger partial charge in [-0.2, -0.15) is 0 Å². The van der Waals surface area contributed by atoms with Gasteiger partial charge in [0.1, 0.15) is 6.10 Å². The molecular formula is C23H32IN3O3S. The Morgan fingerprint density at radius 2 is 1.87 bits per heavy atom. The summed E-state index contributed by atoms with van der Waals surface area (Å²) < 4.78 is 31.6. The van der Waals surface area contributed by atoms with Gasteiger partial charge < -0.3 is 15.0 Å². The van der Waals surface area contributed by atoms with E-state index in [2.05, 4.69) is 34.3 Å². The van der Waals surface area contributed by atoms with Gasteiger partial charge in [-0.15, -0.1) is 24.0 Å². The average Bonchev–Trinajstić information content (AvgIpc) is 2.77. The molecule has 1 heterocycles. The van der Waals surface area contributed by atoms with Crippen molar-refractivity contribution >= 4 is 39.8 Å². The predicted molar refractivity (Wildman–Crippen MR) is 136 cm³/mol. The Hall–Kier alpha value is -1.65. The molecule has 0 aromatic heterocycles. The second kappa shape index (κ2) is 11.8. The van der Waals surface area contributed by atoms with Crippen molar-refractivity contribution in [2.75, 3.05) is 32.5 Å². The van der Waals surface area contributed by atoms with Gasteiger partial charge in [0, 0.05) is 19.6 Å².